The summed E-state index contributed by atoms with van der Waals surface area (Å²) in [7, 11) is 0. The molecule has 0 atom stereocenters. The lowest BCUT2D eigenvalue weighted by molar-refractivity contribution is -0.137. The second-order valence-electron chi connectivity index (χ2n) is 4.24. The van der Waals surface area contributed by atoms with Gasteiger partial charge < -0.3 is 10.4 Å². The molecule has 0 bridgehead atoms. The molecule has 8 heteroatoms. The Hall–Kier alpha value is -2.48. The van der Waals surface area contributed by atoms with Gasteiger partial charge in [-0.1, -0.05) is 24.4 Å². The summed E-state index contributed by atoms with van der Waals surface area (Å²) in [6.07, 6.45) is -3.13. The fourth-order valence-corrected chi connectivity index (χ4v) is 1.92. The topological polar surface area (TPSA) is 62.2 Å². The first-order valence-corrected chi connectivity index (χ1v) is 6.37. The molecule has 22 heavy (non-hydrogen) atoms. The Bertz CT molecular complexity index is 732. The molecule has 0 amide bonds. The lowest BCUT2D eigenvalue weighted by atomic mass is 10.1. The van der Waals surface area contributed by atoms with E-state index >= 15 is 0 Å². The molecule has 0 aliphatic rings. The molecule has 2 rings (SSSR count). The summed E-state index contributed by atoms with van der Waals surface area (Å²) in [6, 6.07) is 7.18. The van der Waals surface area contributed by atoms with Gasteiger partial charge in [-0.05, 0) is 24.3 Å². The molecule has 2 N–H and O–H groups in total. The van der Waals surface area contributed by atoms with Crippen molar-refractivity contribution in [2.45, 2.75) is 6.18 Å². The number of hydrogen-bond acceptors (Lipinski definition) is 3. The Labute approximate surface area is 128 Å². The predicted octanol–water partition coefficient (Wildman–Crippen LogP) is 3.59. The second-order valence-corrected chi connectivity index (χ2v) is 4.65. The van der Waals surface area contributed by atoms with Crippen molar-refractivity contribution in [1.29, 1.82) is 0 Å². The summed E-state index contributed by atoms with van der Waals surface area (Å²) in [4.78, 5) is 14.8. The van der Waals surface area contributed by atoms with Gasteiger partial charge in [0.15, 0.2) is 0 Å². The average molecular weight is 326 g/mol. The number of halogens is 3. The summed E-state index contributed by atoms with van der Waals surface area (Å²) in [5, 5.41) is 11.6. The lowest BCUT2D eigenvalue weighted by Gasteiger charge is -2.12. The number of carboxylic acid groups (broad SMARTS) is 1. The molecule has 1 aromatic carbocycles. The van der Waals surface area contributed by atoms with Crippen LogP contribution in [-0.2, 0) is 6.18 Å². The van der Waals surface area contributed by atoms with Crippen LogP contribution in [0.4, 0.5) is 19.0 Å². The number of carbonyl (C=O) groups is 1. The van der Waals surface area contributed by atoms with Gasteiger partial charge in [0.2, 0.25) is 0 Å². The molecular weight excluding hydrogens is 317 g/mol. The molecule has 4 nitrogen and oxygen atoms in total. The van der Waals surface area contributed by atoms with Gasteiger partial charge in [-0.15, -0.1) is 0 Å². The van der Waals surface area contributed by atoms with Crippen LogP contribution in [0.2, 0.25) is 0 Å². The summed E-state index contributed by atoms with van der Waals surface area (Å²) in [6.45, 7) is 0. The second kappa shape index (κ2) is 6.10. The zero-order chi connectivity index (χ0) is 16.3. The van der Waals surface area contributed by atoms with Crippen molar-refractivity contribution in [3.05, 3.63) is 59.3 Å². The van der Waals surface area contributed by atoms with E-state index in [9.17, 15) is 18.0 Å². The van der Waals surface area contributed by atoms with Gasteiger partial charge in [0.1, 0.15) is 16.4 Å². The van der Waals surface area contributed by atoms with E-state index in [-0.39, 0.29) is 21.9 Å². The van der Waals surface area contributed by atoms with Crippen molar-refractivity contribution >= 4 is 29.0 Å². The van der Waals surface area contributed by atoms with Crippen LogP contribution in [0.15, 0.2) is 42.6 Å². The molecule has 1 aromatic heterocycles. The zero-order valence-electron chi connectivity index (χ0n) is 10.9. The third kappa shape index (κ3) is 3.59. The van der Waals surface area contributed by atoms with Gasteiger partial charge >= 0.3 is 12.1 Å². The Kier molecular flexibility index (Phi) is 4.41. The highest BCUT2D eigenvalue weighted by molar-refractivity contribution is 7.81. The van der Waals surface area contributed by atoms with Crippen LogP contribution < -0.4 is 5.32 Å². The van der Waals surface area contributed by atoms with Crippen LogP contribution in [0.3, 0.4) is 0 Å². The van der Waals surface area contributed by atoms with E-state index in [0.29, 0.717) is 0 Å². The maximum absolute atomic E-state index is 12.7. The summed E-state index contributed by atoms with van der Waals surface area (Å²) < 4.78 is 38.0. The number of pyridine rings is 1. The zero-order valence-corrected chi connectivity index (χ0v) is 11.7. The van der Waals surface area contributed by atoms with Gasteiger partial charge in [-0.2, -0.15) is 13.2 Å². The maximum atomic E-state index is 12.7. The van der Waals surface area contributed by atoms with Crippen molar-refractivity contribution in [3.63, 3.8) is 0 Å². The monoisotopic (exact) mass is 326 g/mol. The summed E-state index contributed by atoms with van der Waals surface area (Å²) >= 11 is 5.02. The largest absolute Gasteiger partial charge is 0.478 e. The molecule has 0 aliphatic heterocycles. The van der Waals surface area contributed by atoms with E-state index < -0.39 is 17.7 Å². The number of alkyl halides is 3. The van der Waals surface area contributed by atoms with Crippen LogP contribution in [-0.4, -0.2) is 21.0 Å². The number of nitrogens with one attached hydrogen (secondary N) is 1. The van der Waals surface area contributed by atoms with E-state index in [1.165, 1.54) is 30.5 Å². The minimum Gasteiger partial charge on any atom is -0.478 e. The highest BCUT2D eigenvalue weighted by Crippen LogP contribution is 2.29. The maximum Gasteiger partial charge on any atom is 0.416 e. The van der Waals surface area contributed by atoms with E-state index in [1.54, 1.807) is 0 Å². The molecule has 0 aliphatic carbocycles. The van der Waals surface area contributed by atoms with Crippen molar-refractivity contribution in [1.82, 2.24) is 4.98 Å². The quantitative estimate of drug-likeness (QED) is 0.844. The Balaban J connectivity index is 2.29. The third-order valence-corrected chi connectivity index (χ3v) is 3.06. The predicted molar refractivity (Wildman–Crippen MR) is 78.0 cm³/mol. The normalized spacial score (nSPS) is 11.0. The number of aromatic nitrogens is 1. The molecular formula is C14H9F3N2O2S. The fourth-order valence-electron chi connectivity index (χ4n) is 1.69. The van der Waals surface area contributed by atoms with E-state index in [4.69, 9.17) is 17.3 Å². The number of anilines is 1. The minimum absolute atomic E-state index is 0.0302. The number of thiocarbonyl (C=S) groups is 1. The van der Waals surface area contributed by atoms with Crippen LogP contribution in [0, 0.1) is 0 Å². The first-order chi connectivity index (χ1) is 10.3. The van der Waals surface area contributed by atoms with Crippen LogP contribution in [0.25, 0.3) is 0 Å². The highest BCUT2D eigenvalue weighted by Gasteiger charge is 2.30. The van der Waals surface area contributed by atoms with Gasteiger partial charge in [-0.25, -0.2) is 9.78 Å². The smallest absolute Gasteiger partial charge is 0.416 e. The first kappa shape index (κ1) is 15.9. The van der Waals surface area contributed by atoms with Crippen molar-refractivity contribution in [3.8, 4) is 0 Å². The highest BCUT2D eigenvalue weighted by atomic mass is 32.1. The third-order valence-electron chi connectivity index (χ3n) is 2.72. The lowest BCUT2D eigenvalue weighted by Crippen LogP contribution is -2.16. The minimum atomic E-state index is -4.48. The van der Waals surface area contributed by atoms with E-state index in [1.807, 2.05) is 0 Å². The number of carboxylic acids is 1. The summed E-state index contributed by atoms with van der Waals surface area (Å²) in [5.74, 6) is -1.25. The van der Waals surface area contributed by atoms with Gasteiger partial charge in [0.25, 0.3) is 0 Å². The van der Waals surface area contributed by atoms with Gasteiger partial charge in [-0.3, -0.25) is 0 Å². The molecule has 0 spiro atoms. The fraction of sp³-hybridized carbons (Fsp3) is 0.0714. The first-order valence-electron chi connectivity index (χ1n) is 5.96. The molecule has 2 aromatic rings. The SMILES string of the molecule is O=C(O)c1cccnc1NC(=S)c1cccc(C(F)(F)F)c1. The molecule has 114 valence electrons. The van der Waals surface area contributed by atoms with Crippen LogP contribution >= 0.6 is 12.2 Å². The molecule has 0 saturated carbocycles. The molecule has 0 unspecified atom stereocenters. The van der Waals surface area contributed by atoms with Gasteiger partial charge in [0.05, 0.1) is 5.56 Å². The van der Waals surface area contributed by atoms with Crippen molar-refractivity contribution in [2.24, 2.45) is 0 Å². The van der Waals surface area contributed by atoms with E-state index in [0.717, 1.165) is 12.1 Å². The van der Waals surface area contributed by atoms with Crippen LogP contribution in [0.1, 0.15) is 21.5 Å². The molecule has 0 radical (unpaired) electrons. The molecule has 1 heterocycles. The Morgan fingerprint density at radius 1 is 1.23 bits per heavy atom. The van der Waals surface area contributed by atoms with Gasteiger partial charge in [0, 0.05) is 11.8 Å². The number of hydrogen-bond donors (Lipinski definition) is 2. The number of aromatic carboxylic acids is 1. The molecule has 0 saturated heterocycles. The van der Waals surface area contributed by atoms with E-state index in [2.05, 4.69) is 10.3 Å². The van der Waals surface area contributed by atoms with Crippen molar-refractivity contribution in [2.75, 3.05) is 5.32 Å². The molecule has 0 fully saturated rings. The number of benzene rings is 1. The summed E-state index contributed by atoms with van der Waals surface area (Å²) in [5.41, 5.74) is -0.850. The Morgan fingerprint density at radius 2 is 1.95 bits per heavy atom. The Morgan fingerprint density at radius 3 is 2.59 bits per heavy atom. The average Bonchev–Trinajstić information content (AvgIpc) is 2.47. The number of nitrogens with zero attached hydrogens (tertiary/aromatic N) is 1. The standard InChI is InChI=1S/C14H9F3N2O2S/c15-14(16,17)9-4-1-3-8(7-9)12(22)19-11-10(13(20)21)5-2-6-18-11/h1-7H,(H,20,21)(H,18,19,22). The van der Waals surface area contributed by atoms with Crippen molar-refractivity contribution < 1.29 is 23.1 Å². The number of rotatable bonds is 3. The van der Waals surface area contributed by atoms with Crippen LogP contribution in [0.5, 0.6) is 0 Å².